The zero-order valence-corrected chi connectivity index (χ0v) is 9.85. The standard InChI is InChI=1S/C13H16N2O2/c1-11(7-9-14)15-13(16)8-10-17-12-5-3-2-4-6-12/h2-6,11H,7-8,10H2,1H3,(H,15,16). The van der Waals surface area contributed by atoms with Gasteiger partial charge in [-0.15, -0.1) is 0 Å². The van der Waals surface area contributed by atoms with E-state index in [1.807, 2.05) is 36.4 Å². The molecule has 0 saturated heterocycles. The van der Waals surface area contributed by atoms with E-state index < -0.39 is 0 Å². The fourth-order valence-electron chi connectivity index (χ4n) is 1.31. The van der Waals surface area contributed by atoms with Gasteiger partial charge in [0.1, 0.15) is 5.75 Å². The topological polar surface area (TPSA) is 62.1 Å². The first-order valence-electron chi connectivity index (χ1n) is 5.56. The van der Waals surface area contributed by atoms with E-state index in [9.17, 15) is 4.79 Å². The molecule has 1 N–H and O–H groups in total. The number of amides is 1. The van der Waals surface area contributed by atoms with E-state index in [1.54, 1.807) is 6.92 Å². The maximum Gasteiger partial charge on any atom is 0.223 e. The van der Waals surface area contributed by atoms with E-state index in [1.165, 1.54) is 0 Å². The smallest absolute Gasteiger partial charge is 0.223 e. The van der Waals surface area contributed by atoms with Gasteiger partial charge in [0.05, 0.1) is 25.5 Å². The molecule has 90 valence electrons. The molecule has 1 amide bonds. The largest absolute Gasteiger partial charge is 0.493 e. The molecule has 0 aliphatic carbocycles. The van der Waals surface area contributed by atoms with Crippen molar-refractivity contribution in [3.8, 4) is 11.8 Å². The van der Waals surface area contributed by atoms with Crippen LogP contribution in [0.4, 0.5) is 0 Å². The van der Waals surface area contributed by atoms with Gasteiger partial charge in [-0.2, -0.15) is 5.26 Å². The summed E-state index contributed by atoms with van der Waals surface area (Å²) in [4.78, 5) is 11.4. The van der Waals surface area contributed by atoms with Crippen molar-refractivity contribution >= 4 is 5.91 Å². The summed E-state index contributed by atoms with van der Waals surface area (Å²) >= 11 is 0. The predicted octanol–water partition coefficient (Wildman–Crippen LogP) is 1.87. The van der Waals surface area contributed by atoms with Crippen LogP contribution < -0.4 is 10.1 Å². The Morgan fingerprint density at radius 1 is 1.47 bits per heavy atom. The van der Waals surface area contributed by atoms with Crippen LogP contribution in [0, 0.1) is 11.3 Å². The van der Waals surface area contributed by atoms with Crippen LogP contribution in [0.3, 0.4) is 0 Å². The number of hydrogen-bond acceptors (Lipinski definition) is 3. The van der Waals surface area contributed by atoms with Crippen LogP contribution in [0.2, 0.25) is 0 Å². The summed E-state index contributed by atoms with van der Waals surface area (Å²) in [6.45, 7) is 2.15. The van der Waals surface area contributed by atoms with Crippen molar-refractivity contribution in [2.24, 2.45) is 0 Å². The van der Waals surface area contributed by atoms with Gasteiger partial charge in [0.15, 0.2) is 0 Å². The molecule has 1 rings (SSSR count). The number of rotatable bonds is 6. The highest BCUT2D eigenvalue weighted by Gasteiger charge is 2.06. The van der Waals surface area contributed by atoms with E-state index in [4.69, 9.17) is 10.00 Å². The second-order valence-corrected chi connectivity index (χ2v) is 3.74. The summed E-state index contributed by atoms with van der Waals surface area (Å²) < 4.78 is 5.39. The summed E-state index contributed by atoms with van der Waals surface area (Å²) in [6, 6.07) is 11.3. The zero-order chi connectivity index (χ0) is 12.5. The van der Waals surface area contributed by atoms with Gasteiger partial charge >= 0.3 is 0 Å². The molecular formula is C13H16N2O2. The number of carbonyl (C=O) groups excluding carboxylic acids is 1. The summed E-state index contributed by atoms with van der Waals surface area (Å²) in [5, 5.41) is 11.2. The van der Waals surface area contributed by atoms with E-state index >= 15 is 0 Å². The molecule has 0 saturated carbocycles. The molecule has 1 atom stereocenters. The van der Waals surface area contributed by atoms with Crippen molar-refractivity contribution < 1.29 is 9.53 Å². The van der Waals surface area contributed by atoms with Crippen molar-refractivity contribution in [1.82, 2.24) is 5.32 Å². The summed E-state index contributed by atoms with van der Waals surface area (Å²) in [7, 11) is 0. The van der Waals surface area contributed by atoms with Gasteiger partial charge in [0.2, 0.25) is 5.91 Å². The molecule has 0 spiro atoms. The Morgan fingerprint density at radius 3 is 2.82 bits per heavy atom. The van der Waals surface area contributed by atoms with Gasteiger partial charge in [-0.3, -0.25) is 4.79 Å². The lowest BCUT2D eigenvalue weighted by atomic mass is 10.2. The molecule has 0 radical (unpaired) electrons. The molecule has 1 unspecified atom stereocenters. The maximum absolute atomic E-state index is 11.4. The summed E-state index contributed by atoms with van der Waals surface area (Å²) in [6.07, 6.45) is 0.621. The van der Waals surface area contributed by atoms with Gasteiger partial charge in [0, 0.05) is 6.04 Å². The second kappa shape index (κ2) is 7.29. The highest BCUT2D eigenvalue weighted by molar-refractivity contribution is 5.76. The Hall–Kier alpha value is -2.02. The Kier molecular flexibility index (Phi) is 5.59. The molecule has 4 heteroatoms. The molecule has 0 heterocycles. The van der Waals surface area contributed by atoms with Gasteiger partial charge in [-0.25, -0.2) is 0 Å². The quantitative estimate of drug-likeness (QED) is 0.814. The average molecular weight is 232 g/mol. The highest BCUT2D eigenvalue weighted by Crippen LogP contribution is 2.08. The van der Waals surface area contributed by atoms with Crippen molar-refractivity contribution in [2.45, 2.75) is 25.8 Å². The Balaban J connectivity index is 2.19. The maximum atomic E-state index is 11.4. The number of carbonyl (C=O) groups is 1. The van der Waals surface area contributed by atoms with E-state index in [-0.39, 0.29) is 11.9 Å². The molecule has 0 bridgehead atoms. The number of para-hydroxylation sites is 1. The third kappa shape index (κ3) is 5.57. The van der Waals surface area contributed by atoms with Gasteiger partial charge in [-0.05, 0) is 19.1 Å². The summed E-state index contributed by atoms with van der Waals surface area (Å²) in [5.74, 6) is 0.661. The van der Waals surface area contributed by atoms with Crippen molar-refractivity contribution in [3.63, 3.8) is 0 Å². The SMILES string of the molecule is CC(CC#N)NC(=O)CCOc1ccccc1. The van der Waals surface area contributed by atoms with Crippen LogP contribution >= 0.6 is 0 Å². The van der Waals surface area contributed by atoms with Crippen LogP contribution in [0.15, 0.2) is 30.3 Å². The molecule has 0 aliphatic rings. The first-order chi connectivity index (χ1) is 8.22. The lowest BCUT2D eigenvalue weighted by molar-refractivity contribution is -0.122. The van der Waals surface area contributed by atoms with E-state index in [0.717, 1.165) is 5.75 Å². The van der Waals surface area contributed by atoms with Crippen LogP contribution in [0.5, 0.6) is 5.75 Å². The number of nitrogens with one attached hydrogen (secondary N) is 1. The van der Waals surface area contributed by atoms with Crippen molar-refractivity contribution in [3.05, 3.63) is 30.3 Å². The number of benzene rings is 1. The van der Waals surface area contributed by atoms with Crippen molar-refractivity contribution in [2.75, 3.05) is 6.61 Å². The lowest BCUT2D eigenvalue weighted by Crippen LogP contribution is -2.33. The summed E-state index contributed by atoms with van der Waals surface area (Å²) in [5.41, 5.74) is 0. The first-order valence-corrected chi connectivity index (χ1v) is 5.56. The van der Waals surface area contributed by atoms with Gasteiger partial charge in [-0.1, -0.05) is 18.2 Å². The molecule has 17 heavy (non-hydrogen) atoms. The minimum Gasteiger partial charge on any atom is -0.493 e. The predicted molar refractivity (Wildman–Crippen MR) is 64.4 cm³/mol. The Labute approximate surface area is 101 Å². The first kappa shape index (κ1) is 13.0. The molecule has 0 fully saturated rings. The van der Waals surface area contributed by atoms with Gasteiger partial charge < -0.3 is 10.1 Å². The molecule has 0 aliphatic heterocycles. The minimum absolute atomic E-state index is 0.0938. The fourth-order valence-corrected chi connectivity index (χ4v) is 1.31. The third-order valence-electron chi connectivity index (χ3n) is 2.15. The van der Waals surface area contributed by atoms with Crippen LogP contribution in [-0.4, -0.2) is 18.6 Å². The number of nitriles is 1. The monoisotopic (exact) mass is 232 g/mol. The molecule has 4 nitrogen and oxygen atoms in total. The lowest BCUT2D eigenvalue weighted by Gasteiger charge is -2.10. The molecule has 0 aromatic heterocycles. The number of hydrogen-bond donors (Lipinski definition) is 1. The number of ether oxygens (including phenoxy) is 1. The van der Waals surface area contributed by atoms with Crippen LogP contribution in [-0.2, 0) is 4.79 Å². The second-order valence-electron chi connectivity index (χ2n) is 3.74. The number of nitrogens with zero attached hydrogens (tertiary/aromatic N) is 1. The van der Waals surface area contributed by atoms with Crippen LogP contribution in [0.25, 0.3) is 0 Å². The molecular weight excluding hydrogens is 216 g/mol. The fraction of sp³-hybridized carbons (Fsp3) is 0.385. The zero-order valence-electron chi connectivity index (χ0n) is 9.85. The van der Waals surface area contributed by atoms with Crippen LogP contribution in [0.1, 0.15) is 19.8 Å². The van der Waals surface area contributed by atoms with E-state index in [2.05, 4.69) is 5.32 Å². The minimum atomic E-state index is -0.107. The molecule has 1 aromatic rings. The van der Waals surface area contributed by atoms with Gasteiger partial charge in [0.25, 0.3) is 0 Å². The molecule has 1 aromatic carbocycles. The van der Waals surface area contributed by atoms with Crippen molar-refractivity contribution in [1.29, 1.82) is 5.26 Å². The Bertz CT molecular complexity index is 384. The third-order valence-corrected chi connectivity index (χ3v) is 2.15. The highest BCUT2D eigenvalue weighted by atomic mass is 16.5. The normalized spacial score (nSPS) is 11.3. The van der Waals surface area contributed by atoms with E-state index in [0.29, 0.717) is 19.4 Å². The average Bonchev–Trinajstić information content (AvgIpc) is 2.30. The Morgan fingerprint density at radius 2 is 2.18 bits per heavy atom.